The number of hydrogen-bond donors (Lipinski definition) is 0. The molecule has 0 aromatic carbocycles. The lowest BCUT2D eigenvalue weighted by Gasteiger charge is -2.31. The van der Waals surface area contributed by atoms with Gasteiger partial charge in [0, 0.05) is 12.1 Å². The lowest BCUT2D eigenvalue weighted by molar-refractivity contribution is -0.0731. The van der Waals surface area contributed by atoms with Crippen LogP contribution in [0.2, 0.25) is 0 Å². The Morgan fingerprint density at radius 3 is 2.92 bits per heavy atom. The molecule has 1 aliphatic heterocycles. The molecule has 0 aromatic heterocycles. The molecule has 2 atom stereocenters. The number of fused-ring (bicyclic) bond motifs is 1. The van der Waals surface area contributed by atoms with E-state index in [1.54, 1.807) is 0 Å². The Balaban J connectivity index is 2.06. The standard InChI is InChI=1S/C10H19NO2/c1-8(2)11-6-12-7-13-10-5-3-4-9(10)11/h8-10H,3-7H2,1-2H3. The Hall–Kier alpha value is -0.120. The van der Waals surface area contributed by atoms with Gasteiger partial charge in [-0.15, -0.1) is 0 Å². The Bertz CT molecular complexity index is 172. The van der Waals surface area contributed by atoms with Crippen LogP contribution in [0, 0.1) is 0 Å². The van der Waals surface area contributed by atoms with Gasteiger partial charge < -0.3 is 9.47 Å². The first-order chi connectivity index (χ1) is 6.29. The van der Waals surface area contributed by atoms with Crippen LogP contribution in [-0.2, 0) is 9.47 Å². The Morgan fingerprint density at radius 2 is 2.15 bits per heavy atom. The largest absolute Gasteiger partial charge is 0.350 e. The number of rotatable bonds is 1. The van der Waals surface area contributed by atoms with E-state index in [9.17, 15) is 0 Å². The van der Waals surface area contributed by atoms with Crippen molar-refractivity contribution in [2.24, 2.45) is 0 Å². The minimum atomic E-state index is 0.421. The van der Waals surface area contributed by atoms with Crippen molar-refractivity contribution in [3.8, 4) is 0 Å². The summed E-state index contributed by atoms with van der Waals surface area (Å²) < 4.78 is 11.1. The molecule has 3 nitrogen and oxygen atoms in total. The van der Waals surface area contributed by atoms with Crippen molar-refractivity contribution in [2.45, 2.75) is 51.3 Å². The lowest BCUT2D eigenvalue weighted by atomic mass is 10.1. The average Bonchev–Trinajstić information content (AvgIpc) is 2.44. The van der Waals surface area contributed by atoms with Gasteiger partial charge in [-0.25, -0.2) is 0 Å². The van der Waals surface area contributed by atoms with Crippen LogP contribution >= 0.6 is 0 Å². The molecule has 0 aromatic rings. The van der Waals surface area contributed by atoms with Crippen molar-refractivity contribution < 1.29 is 9.47 Å². The fourth-order valence-electron chi connectivity index (χ4n) is 2.39. The highest BCUT2D eigenvalue weighted by Crippen LogP contribution is 2.29. The summed E-state index contributed by atoms with van der Waals surface area (Å²) in [7, 11) is 0. The first-order valence-electron chi connectivity index (χ1n) is 5.24. The summed E-state index contributed by atoms with van der Waals surface area (Å²) in [6.07, 6.45) is 4.20. The monoisotopic (exact) mass is 185 g/mol. The fraction of sp³-hybridized carbons (Fsp3) is 1.00. The Morgan fingerprint density at radius 1 is 1.31 bits per heavy atom. The van der Waals surface area contributed by atoms with Gasteiger partial charge in [-0.05, 0) is 33.1 Å². The molecule has 1 saturated heterocycles. The number of nitrogens with zero attached hydrogens (tertiary/aromatic N) is 1. The fourth-order valence-corrected chi connectivity index (χ4v) is 2.39. The van der Waals surface area contributed by atoms with Gasteiger partial charge in [-0.3, -0.25) is 4.90 Å². The lowest BCUT2D eigenvalue weighted by Crippen LogP contribution is -2.44. The molecular formula is C10H19NO2. The van der Waals surface area contributed by atoms with E-state index in [1.807, 2.05) is 0 Å². The second-order valence-corrected chi connectivity index (χ2v) is 4.26. The van der Waals surface area contributed by atoms with Gasteiger partial charge in [-0.2, -0.15) is 0 Å². The van der Waals surface area contributed by atoms with Crippen LogP contribution in [0.25, 0.3) is 0 Å². The van der Waals surface area contributed by atoms with Crippen molar-refractivity contribution in [3.05, 3.63) is 0 Å². The smallest absolute Gasteiger partial charge is 0.148 e. The zero-order valence-electron chi connectivity index (χ0n) is 8.53. The zero-order chi connectivity index (χ0) is 9.26. The molecule has 3 heteroatoms. The summed E-state index contributed by atoms with van der Waals surface area (Å²) in [6.45, 7) is 5.66. The molecule has 76 valence electrons. The molecule has 0 radical (unpaired) electrons. The van der Waals surface area contributed by atoms with Crippen LogP contribution in [0.5, 0.6) is 0 Å². The van der Waals surface area contributed by atoms with E-state index in [2.05, 4.69) is 18.7 Å². The third kappa shape index (κ3) is 1.87. The van der Waals surface area contributed by atoms with Crippen molar-refractivity contribution in [2.75, 3.05) is 13.5 Å². The van der Waals surface area contributed by atoms with Gasteiger partial charge in [0.2, 0.25) is 0 Å². The molecule has 2 rings (SSSR count). The molecule has 0 amide bonds. The third-order valence-corrected chi connectivity index (χ3v) is 3.11. The van der Waals surface area contributed by atoms with Gasteiger partial charge in [0.15, 0.2) is 0 Å². The predicted molar refractivity (Wildman–Crippen MR) is 50.3 cm³/mol. The van der Waals surface area contributed by atoms with E-state index >= 15 is 0 Å². The minimum absolute atomic E-state index is 0.421. The van der Waals surface area contributed by atoms with Gasteiger partial charge in [0.25, 0.3) is 0 Å². The Kier molecular flexibility index (Phi) is 2.86. The number of ether oxygens (including phenoxy) is 2. The van der Waals surface area contributed by atoms with Crippen LogP contribution in [-0.4, -0.2) is 36.6 Å². The Labute approximate surface area is 80.0 Å². The predicted octanol–water partition coefficient (Wildman–Crippen LogP) is 1.58. The maximum absolute atomic E-state index is 5.64. The van der Waals surface area contributed by atoms with E-state index in [1.165, 1.54) is 19.3 Å². The molecule has 2 aliphatic rings. The van der Waals surface area contributed by atoms with Crippen molar-refractivity contribution in [1.29, 1.82) is 0 Å². The maximum atomic E-state index is 5.64. The second kappa shape index (κ2) is 3.95. The highest BCUT2D eigenvalue weighted by Gasteiger charge is 2.35. The van der Waals surface area contributed by atoms with Crippen LogP contribution in [0.15, 0.2) is 0 Å². The molecule has 2 unspecified atom stereocenters. The molecule has 1 saturated carbocycles. The molecule has 1 aliphatic carbocycles. The van der Waals surface area contributed by atoms with Gasteiger partial charge in [0.05, 0.1) is 6.10 Å². The van der Waals surface area contributed by atoms with E-state index in [4.69, 9.17) is 9.47 Å². The van der Waals surface area contributed by atoms with Gasteiger partial charge in [-0.1, -0.05) is 0 Å². The topological polar surface area (TPSA) is 21.7 Å². The summed E-state index contributed by atoms with van der Waals surface area (Å²) >= 11 is 0. The molecule has 0 N–H and O–H groups in total. The summed E-state index contributed by atoms with van der Waals surface area (Å²) in [5, 5.41) is 0. The van der Waals surface area contributed by atoms with Crippen LogP contribution in [0.1, 0.15) is 33.1 Å². The SMILES string of the molecule is CC(C)N1COCOC2CCCC21. The second-order valence-electron chi connectivity index (χ2n) is 4.26. The quantitative estimate of drug-likeness (QED) is 0.619. The summed E-state index contributed by atoms with van der Waals surface area (Å²) in [6, 6.07) is 1.16. The van der Waals surface area contributed by atoms with E-state index in [-0.39, 0.29) is 0 Å². The summed E-state index contributed by atoms with van der Waals surface area (Å²) in [5.41, 5.74) is 0. The molecular weight excluding hydrogens is 166 g/mol. The minimum Gasteiger partial charge on any atom is -0.350 e. The highest BCUT2D eigenvalue weighted by molar-refractivity contribution is 4.87. The number of hydrogen-bond acceptors (Lipinski definition) is 3. The first-order valence-corrected chi connectivity index (χ1v) is 5.24. The van der Waals surface area contributed by atoms with Gasteiger partial charge in [0.1, 0.15) is 13.5 Å². The summed E-state index contributed by atoms with van der Waals surface area (Å²) in [4.78, 5) is 2.42. The van der Waals surface area contributed by atoms with Crippen molar-refractivity contribution in [1.82, 2.24) is 4.90 Å². The normalized spacial score (nSPS) is 36.2. The molecule has 2 fully saturated rings. The zero-order valence-corrected chi connectivity index (χ0v) is 8.53. The van der Waals surface area contributed by atoms with Gasteiger partial charge >= 0.3 is 0 Å². The first kappa shape index (κ1) is 9.44. The maximum Gasteiger partial charge on any atom is 0.148 e. The van der Waals surface area contributed by atoms with Crippen LogP contribution < -0.4 is 0 Å². The van der Waals surface area contributed by atoms with Crippen LogP contribution in [0.3, 0.4) is 0 Å². The molecule has 1 heterocycles. The molecule has 13 heavy (non-hydrogen) atoms. The summed E-state index contributed by atoms with van der Waals surface area (Å²) in [5.74, 6) is 0. The average molecular weight is 185 g/mol. The van der Waals surface area contributed by atoms with E-state index in [0.29, 0.717) is 25.0 Å². The van der Waals surface area contributed by atoms with E-state index in [0.717, 1.165) is 6.73 Å². The third-order valence-electron chi connectivity index (χ3n) is 3.11. The molecule has 0 bridgehead atoms. The van der Waals surface area contributed by atoms with Crippen LogP contribution in [0.4, 0.5) is 0 Å². The highest BCUT2D eigenvalue weighted by atomic mass is 16.7. The van der Waals surface area contributed by atoms with Crippen molar-refractivity contribution >= 4 is 0 Å². The van der Waals surface area contributed by atoms with E-state index < -0.39 is 0 Å². The van der Waals surface area contributed by atoms with Crippen molar-refractivity contribution in [3.63, 3.8) is 0 Å². The molecule has 0 spiro atoms.